The van der Waals surface area contributed by atoms with Gasteiger partial charge in [-0.15, -0.1) is 13.2 Å². The average Bonchev–Trinajstić information content (AvgIpc) is 2.35. The van der Waals surface area contributed by atoms with E-state index in [9.17, 15) is 18.0 Å². The highest BCUT2D eigenvalue weighted by Crippen LogP contribution is 2.28. The Labute approximate surface area is 145 Å². The molecule has 1 aromatic rings. The van der Waals surface area contributed by atoms with Crippen molar-refractivity contribution in [2.24, 2.45) is 0 Å². The summed E-state index contributed by atoms with van der Waals surface area (Å²) in [7, 11) is 0. The summed E-state index contributed by atoms with van der Waals surface area (Å²) < 4.78 is 40.2. The lowest BCUT2D eigenvalue weighted by atomic mass is 9.80. The second kappa shape index (κ2) is 6.74. The number of rotatable bonds is 3. The van der Waals surface area contributed by atoms with Gasteiger partial charge in [-0.05, 0) is 64.8 Å². The Balaban J connectivity index is 1.92. The molecule has 0 aromatic heterocycles. The van der Waals surface area contributed by atoms with Crippen LogP contribution in [0.3, 0.4) is 0 Å². The Morgan fingerprint density at radius 1 is 1.12 bits per heavy atom. The fraction of sp³-hybridized carbons (Fsp3) is 0.588. The molecule has 2 amide bonds. The van der Waals surface area contributed by atoms with Crippen LogP contribution in [0.2, 0.25) is 0 Å². The molecule has 1 saturated heterocycles. The molecular formula is C17H24F3N3O2. The third-order valence-corrected chi connectivity index (χ3v) is 3.87. The number of nitrogens with one attached hydrogen (secondary N) is 3. The van der Waals surface area contributed by atoms with Gasteiger partial charge in [-0.1, -0.05) is 0 Å². The minimum atomic E-state index is -4.74. The van der Waals surface area contributed by atoms with E-state index in [2.05, 4.69) is 48.4 Å². The van der Waals surface area contributed by atoms with Gasteiger partial charge in [-0.25, -0.2) is 4.79 Å². The monoisotopic (exact) mass is 359 g/mol. The molecule has 1 aliphatic rings. The Morgan fingerprint density at radius 3 is 2.12 bits per heavy atom. The lowest BCUT2D eigenvalue weighted by Crippen LogP contribution is -2.62. The first-order chi connectivity index (χ1) is 11.3. The summed E-state index contributed by atoms with van der Waals surface area (Å²) in [4.78, 5) is 12.2. The van der Waals surface area contributed by atoms with Crippen molar-refractivity contribution in [1.29, 1.82) is 0 Å². The van der Waals surface area contributed by atoms with Crippen LogP contribution in [0.4, 0.5) is 23.7 Å². The van der Waals surface area contributed by atoms with Gasteiger partial charge in [0, 0.05) is 22.8 Å². The Bertz CT molecular complexity index is 597. The highest BCUT2D eigenvalue weighted by atomic mass is 19.4. The predicted octanol–water partition coefficient (Wildman–Crippen LogP) is 4.02. The standard InChI is InChI=1S/C17H24F3N3O2/c1-15(2)9-12(10-16(3,4)23-15)22-14(24)21-11-5-7-13(8-6-11)25-17(18,19)20/h5-8,12,23H,9-10H2,1-4H3,(H2,21,22,24). The third-order valence-electron chi connectivity index (χ3n) is 3.87. The van der Waals surface area contributed by atoms with Crippen molar-refractivity contribution in [3.05, 3.63) is 24.3 Å². The topological polar surface area (TPSA) is 62.4 Å². The second-order valence-electron chi connectivity index (χ2n) is 7.67. The van der Waals surface area contributed by atoms with Crippen molar-refractivity contribution in [2.75, 3.05) is 5.32 Å². The summed E-state index contributed by atoms with van der Waals surface area (Å²) in [5.74, 6) is -0.333. The zero-order valence-corrected chi connectivity index (χ0v) is 14.8. The number of benzene rings is 1. The molecule has 0 unspecified atom stereocenters. The summed E-state index contributed by atoms with van der Waals surface area (Å²) in [6, 6.07) is 4.63. The number of halogens is 3. The van der Waals surface area contributed by atoms with E-state index in [0.29, 0.717) is 5.69 Å². The van der Waals surface area contributed by atoms with Crippen LogP contribution in [-0.4, -0.2) is 29.5 Å². The van der Waals surface area contributed by atoms with Gasteiger partial charge in [0.1, 0.15) is 5.75 Å². The molecular weight excluding hydrogens is 335 g/mol. The molecule has 1 fully saturated rings. The highest BCUT2D eigenvalue weighted by Gasteiger charge is 2.38. The number of alkyl halides is 3. The first-order valence-electron chi connectivity index (χ1n) is 8.06. The molecule has 5 nitrogen and oxygen atoms in total. The highest BCUT2D eigenvalue weighted by molar-refractivity contribution is 5.89. The fourth-order valence-corrected chi connectivity index (χ4v) is 3.52. The summed E-state index contributed by atoms with van der Waals surface area (Å²) in [6.45, 7) is 8.33. The van der Waals surface area contributed by atoms with Gasteiger partial charge in [0.2, 0.25) is 0 Å². The Hall–Kier alpha value is -1.96. The van der Waals surface area contributed by atoms with Crippen molar-refractivity contribution < 1.29 is 22.7 Å². The van der Waals surface area contributed by atoms with E-state index >= 15 is 0 Å². The molecule has 2 rings (SSSR count). The molecule has 0 atom stereocenters. The van der Waals surface area contributed by atoms with E-state index in [1.807, 2.05) is 0 Å². The van der Waals surface area contributed by atoms with Crippen molar-refractivity contribution >= 4 is 11.7 Å². The summed E-state index contributed by atoms with van der Waals surface area (Å²) >= 11 is 0. The fourth-order valence-electron chi connectivity index (χ4n) is 3.52. The largest absolute Gasteiger partial charge is 0.573 e. The molecule has 8 heteroatoms. The smallest absolute Gasteiger partial charge is 0.406 e. The van der Waals surface area contributed by atoms with E-state index < -0.39 is 6.36 Å². The Kier molecular flexibility index (Phi) is 5.22. The van der Waals surface area contributed by atoms with Crippen LogP contribution in [-0.2, 0) is 0 Å². The van der Waals surface area contributed by atoms with E-state index in [1.165, 1.54) is 12.1 Å². The molecule has 25 heavy (non-hydrogen) atoms. The van der Waals surface area contributed by atoms with Gasteiger partial charge in [0.15, 0.2) is 0 Å². The molecule has 140 valence electrons. The maximum Gasteiger partial charge on any atom is 0.573 e. The van der Waals surface area contributed by atoms with Crippen LogP contribution >= 0.6 is 0 Å². The zero-order chi connectivity index (χ0) is 18.9. The van der Waals surface area contributed by atoms with Gasteiger partial charge >= 0.3 is 12.4 Å². The normalized spacial score (nSPS) is 20.0. The first kappa shape index (κ1) is 19.4. The minimum absolute atomic E-state index is 0.000846. The van der Waals surface area contributed by atoms with E-state index in [0.717, 1.165) is 25.0 Å². The molecule has 0 aliphatic carbocycles. The Morgan fingerprint density at radius 2 is 1.64 bits per heavy atom. The van der Waals surface area contributed by atoms with Gasteiger partial charge in [-0.2, -0.15) is 0 Å². The van der Waals surface area contributed by atoms with Crippen LogP contribution in [0, 0.1) is 0 Å². The van der Waals surface area contributed by atoms with Crippen LogP contribution in [0.15, 0.2) is 24.3 Å². The lowest BCUT2D eigenvalue weighted by molar-refractivity contribution is -0.274. The number of hydrogen-bond donors (Lipinski definition) is 3. The van der Waals surface area contributed by atoms with Crippen LogP contribution in [0.1, 0.15) is 40.5 Å². The SMILES string of the molecule is CC1(C)CC(NC(=O)Nc2ccc(OC(F)(F)F)cc2)CC(C)(C)N1. The average molecular weight is 359 g/mol. The molecule has 0 spiro atoms. The zero-order valence-electron chi connectivity index (χ0n) is 14.8. The molecule has 1 aromatic carbocycles. The van der Waals surface area contributed by atoms with Crippen LogP contribution in [0.5, 0.6) is 5.75 Å². The third kappa shape index (κ3) is 6.45. The first-order valence-corrected chi connectivity index (χ1v) is 8.06. The summed E-state index contributed by atoms with van der Waals surface area (Å²) in [6.07, 6.45) is -3.18. The van der Waals surface area contributed by atoms with E-state index in [-0.39, 0.29) is 28.9 Å². The van der Waals surface area contributed by atoms with Crippen molar-refractivity contribution in [3.63, 3.8) is 0 Å². The van der Waals surface area contributed by atoms with Gasteiger partial charge in [0.05, 0.1) is 0 Å². The number of carbonyl (C=O) groups is 1. The van der Waals surface area contributed by atoms with E-state index in [4.69, 9.17) is 0 Å². The predicted molar refractivity (Wildman–Crippen MR) is 89.6 cm³/mol. The quantitative estimate of drug-likeness (QED) is 0.764. The summed E-state index contributed by atoms with van der Waals surface area (Å²) in [5, 5.41) is 9.09. The summed E-state index contributed by atoms with van der Waals surface area (Å²) in [5.41, 5.74) is 0.187. The second-order valence-corrected chi connectivity index (χ2v) is 7.67. The van der Waals surface area contributed by atoms with Crippen molar-refractivity contribution in [1.82, 2.24) is 10.6 Å². The molecule has 0 radical (unpaired) electrons. The van der Waals surface area contributed by atoms with Crippen LogP contribution in [0.25, 0.3) is 0 Å². The molecule has 0 saturated carbocycles. The van der Waals surface area contributed by atoms with Gasteiger partial charge in [-0.3, -0.25) is 0 Å². The van der Waals surface area contributed by atoms with Gasteiger partial charge < -0.3 is 20.7 Å². The molecule has 1 heterocycles. The maximum absolute atomic E-state index is 12.2. The number of anilines is 1. The van der Waals surface area contributed by atoms with Crippen molar-refractivity contribution in [3.8, 4) is 5.75 Å². The number of piperidine rings is 1. The van der Waals surface area contributed by atoms with Crippen LogP contribution < -0.4 is 20.7 Å². The molecule has 1 aliphatic heterocycles. The minimum Gasteiger partial charge on any atom is -0.406 e. The number of carbonyl (C=O) groups excluding carboxylic acids is 1. The number of ether oxygens (including phenoxy) is 1. The number of amides is 2. The molecule has 3 N–H and O–H groups in total. The number of urea groups is 1. The van der Waals surface area contributed by atoms with E-state index in [1.54, 1.807) is 0 Å². The van der Waals surface area contributed by atoms with Crippen molar-refractivity contribution in [2.45, 2.75) is 64.0 Å². The molecule has 0 bridgehead atoms. The number of hydrogen-bond acceptors (Lipinski definition) is 3. The van der Waals surface area contributed by atoms with Gasteiger partial charge in [0.25, 0.3) is 0 Å². The maximum atomic E-state index is 12.2. The lowest BCUT2D eigenvalue weighted by Gasteiger charge is -2.46.